The van der Waals surface area contributed by atoms with Crippen LogP contribution in [0.15, 0.2) is 61.1 Å². The number of aromatic amines is 1. The first-order valence-corrected chi connectivity index (χ1v) is 9.98. The number of pyridine rings is 1. The number of hydrogen-bond donors (Lipinski definition) is 2. The first kappa shape index (κ1) is 17.8. The first-order valence-electron chi connectivity index (χ1n) is 9.98. The fourth-order valence-electron chi connectivity index (χ4n) is 3.92. The summed E-state index contributed by atoms with van der Waals surface area (Å²) in [6.07, 6.45) is 8.35. The Labute approximate surface area is 169 Å². The van der Waals surface area contributed by atoms with Crippen LogP contribution in [0.25, 0.3) is 11.3 Å². The van der Waals surface area contributed by atoms with Gasteiger partial charge in [-0.15, -0.1) is 10.2 Å². The lowest BCUT2D eigenvalue weighted by molar-refractivity contribution is 0.374. The average Bonchev–Trinajstić information content (AvgIpc) is 3.41. The molecule has 4 heterocycles. The molecule has 0 saturated carbocycles. The number of rotatable bonds is 6. The molecule has 0 saturated heterocycles. The Hall–Kier alpha value is -3.32. The Balaban J connectivity index is 1.27. The van der Waals surface area contributed by atoms with Gasteiger partial charge in [0, 0.05) is 55.5 Å². The van der Waals surface area contributed by atoms with Gasteiger partial charge in [0.25, 0.3) is 0 Å². The molecule has 2 N–H and O–H groups in total. The van der Waals surface area contributed by atoms with Gasteiger partial charge >= 0.3 is 0 Å². The molecule has 0 unspecified atom stereocenters. The summed E-state index contributed by atoms with van der Waals surface area (Å²) in [5.74, 6) is 2.13. The summed E-state index contributed by atoms with van der Waals surface area (Å²) in [7, 11) is 0. The summed E-state index contributed by atoms with van der Waals surface area (Å²) >= 11 is 0. The molecule has 1 aliphatic heterocycles. The molecule has 7 nitrogen and oxygen atoms in total. The summed E-state index contributed by atoms with van der Waals surface area (Å²) < 4.78 is 2.28. The second kappa shape index (κ2) is 7.97. The van der Waals surface area contributed by atoms with Gasteiger partial charge in [-0.2, -0.15) is 5.10 Å². The van der Waals surface area contributed by atoms with Crippen LogP contribution in [0, 0.1) is 0 Å². The van der Waals surface area contributed by atoms with Gasteiger partial charge in [0.05, 0.1) is 11.9 Å². The van der Waals surface area contributed by atoms with E-state index in [1.165, 1.54) is 5.56 Å². The second-order valence-corrected chi connectivity index (χ2v) is 7.43. The summed E-state index contributed by atoms with van der Waals surface area (Å²) in [5.41, 5.74) is 4.49. The van der Waals surface area contributed by atoms with E-state index in [4.69, 9.17) is 0 Å². The monoisotopic (exact) mass is 385 g/mol. The van der Waals surface area contributed by atoms with Crippen molar-refractivity contribution in [2.24, 2.45) is 0 Å². The van der Waals surface area contributed by atoms with E-state index in [2.05, 4.69) is 59.5 Å². The lowest BCUT2D eigenvalue weighted by atomic mass is 10.1. The fourth-order valence-corrected chi connectivity index (χ4v) is 3.92. The Kier molecular flexibility index (Phi) is 4.88. The Morgan fingerprint density at radius 3 is 2.86 bits per heavy atom. The zero-order chi connectivity index (χ0) is 19.5. The number of nitrogens with zero attached hydrogens (tertiary/aromatic N) is 5. The lowest BCUT2D eigenvalue weighted by Crippen LogP contribution is -2.37. The van der Waals surface area contributed by atoms with Crippen LogP contribution in [-0.4, -0.2) is 36.0 Å². The number of hydrogen-bond acceptors (Lipinski definition) is 5. The Morgan fingerprint density at radius 2 is 2.00 bits per heavy atom. The highest BCUT2D eigenvalue weighted by Crippen LogP contribution is 2.21. The molecule has 3 aromatic heterocycles. The van der Waals surface area contributed by atoms with Crippen molar-refractivity contribution >= 4 is 0 Å². The smallest absolute Gasteiger partial charge is 0.137 e. The van der Waals surface area contributed by atoms with Crippen molar-refractivity contribution in [2.75, 3.05) is 0 Å². The fraction of sp³-hybridized carbons (Fsp3) is 0.273. The van der Waals surface area contributed by atoms with Gasteiger partial charge < -0.3 is 9.88 Å². The molecule has 1 aliphatic rings. The molecular weight excluding hydrogens is 362 g/mol. The predicted octanol–water partition coefficient (Wildman–Crippen LogP) is 2.76. The first-order chi connectivity index (χ1) is 14.4. The van der Waals surface area contributed by atoms with Crippen molar-refractivity contribution in [1.82, 2.24) is 35.3 Å². The van der Waals surface area contributed by atoms with Crippen molar-refractivity contribution < 1.29 is 0 Å². The number of aromatic nitrogens is 6. The van der Waals surface area contributed by atoms with Gasteiger partial charge in [0.15, 0.2) is 0 Å². The standard InChI is InChI=1S/C22H23N7/c1-2-5-16(6-3-1)11-21-27-26-20-9-8-19(15-29(20)21)24-13-18-14-25-28-22(18)17-7-4-10-23-12-17/h1-7,10,12,14,19,24H,8-9,11,13,15H2,(H,25,28)/t19-/m1/s1. The summed E-state index contributed by atoms with van der Waals surface area (Å²) in [4.78, 5) is 4.21. The highest BCUT2D eigenvalue weighted by atomic mass is 15.3. The zero-order valence-corrected chi connectivity index (χ0v) is 16.1. The van der Waals surface area contributed by atoms with Gasteiger partial charge in [-0.05, 0) is 24.1 Å². The maximum atomic E-state index is 4.45. The largest absolute Gasteiger partial charge is 0.313 e. The molecule has 29 heavy (non-hydrogen) atoms. The van der Waals surface area contributed by atoms with Crippen LogP contribution in [0.5, 0.6) is 0 Å². The number of aryl methyl sites for hydroxylation is 1. The highest BCUT2D eigenvalue weighted by molar-refractivity contribution is 5.61. The maximum Gasteiger partial charge on any atom is 0.137 e. The quantitative estimate of drug-likeness (QED) is 0.533. The number of fused-ring (bicyclic) bond motifs is 1. The van der Waals surface area contributed by atoms with Crippen LogP contribution in [0.1, 0.15) is 29.2 Å². The van der Waals surface area contributed by atoms with Crippen molar-refractivity contribution in [3.63, 3.8) is 0 Å². The topological polar surface area (TPSA) is 84.3 Å². The van der Waals surface area contributed by atoms with Gasteiger partial charge in [-0.25, -0.2) is 0 Å². The van der Waals surface area contributed by atoms with Crippen molar-refractivity contribution in [1.29, 1.82) is 0 Å². The van der Waals surface area contributed by atoms with Gasteiger partial charge in [-0.3, -0.25) is 10.1 Å². The van der Waals surface area contributed by atoms with Crippen molar-refractivity contribution in [3.8, 4) is 11.3 Å². The molecule has 1 aromatic carbocycles. The van der Waals surface area contributed by atoms with Crippen LogP contribution in [-0.2, 0) is 25.9 Å². The molecule has 4 aromatic rings. The van der Waals surface area contributed by atoms with E-state index in [1.807, 2.05) is 30.6 Å². The van der Waals surface area contributed by atoms with E-state index in [-0.39, 0.29) is 0 Å². The Bertz CT molecular complexity index is 1070. The molecule has 0 bridgehead atoms. The van der Waals surface area contributed by atoms with E-state index in [9.17, 15) is 0 Å². The summed E-state index contributed by atoms with van der Waals surface area (Å²) in [6.45, 7) is 1.65. The van der Waals surface area contributed by atoms with Gasteiger partial charge in [0.2, 0.25) is 0 Å². The molecule has 146 valence electrons. The van der Waals surface area contributed by atoms with Crippen molar-refractivity contribution in [3.05, 3.63) is 83.8 Å². The van der Waals surface area contributed by atoms with Crippen LogP contribution < -0.4 is 5.32 Å². The van der Waals surface area contributed by atoms with Crippen LogP contribution in [0.2, 0.25) is 0 Å². The number of H-pyrrole nitrogens is 1. The zero-order valence-electron chi connectivity index (χ0n) is 16.1. The molecular formula is C22H23N7. The normalized spacial score (nSPS) is 15.9. The molecule has 1 atom stereocenters. The van der Waals surface area contributed by atoms with Crippen LogP contribution in [0.3, 0.4) is 0 Å². The minimum atomic E-state index is 0.379. The van der Waals surface area contributed by atoms with E-state index >= 15 is 0 Å². The third-order valence-electron chi connectivity index (χ3n) is 5.48. The molecule has 0 radical (unpaired) electrons. The maximum absolute atomic E-state index is 4.45. The third-order valence-corrected chi connectivity index (χ3v) is 5.48. The minimum absolute atomic E-state index is 0.379. The van der Waals surface area contributed by atoms with E-state index in [0.717, 1.165) is 60.8 Å². The van der Waals surface area contributed by atoms with Crippen LogP contribution >= 0.6 is 0 Å². The molecule has 0 amide bonds. The minimum Gasteiger partial charge on any atom is -0.313 e. The molecule has 7 heteroatoms. The Morgan fingerprint density at radius 1 is 1.07 bits per heavy atom. The molecule has 0 fully saturated rings. The second-order valence-electron chi connectivity index (χ2n) is 7.43. The van der Waals surface area contributed by atoms with Gasteiger partial charge in [-0.1, -0.05) is 30.3 Å². The highest BCUT2D eigenvalue weighted by Gasteiger charge is 2.23. The predicted molar refractivity (Wildman–Crippen MR) is 110 cm³/mol. The third kappa shape index (κ3) is 3.82. The SMILES string of the molecule is c1ccc(Cc2nnc3n2C[C@H](NCc2cn[nH]c2-c2cccnc2)CC3)cc1. The summed E-state index contributed by atoms with van der Waals surface area (Å²) in [5, 5.41) is 19.9. The average molecular weight is 385 g/mol. The molecule has 0 aliphatic carbocycles. The number of benzene rings is 1. The number of nitrogens with one attached hydrogen (secondary N) is 2. The van der Waals surface area contributed by atoms with Crippen molar-refractivity contribution in [2.45, 2.75) is 38.4 Å². The molecule has 0 spiro atoms. The van der Waals surface area contributed by atoms with Gasteiger partial charge in [0.1, 0.15) is 11.6 Å². The lowest BCUT2D eigenvalue weighted by Gasteiger charge is -2.25. The van der Waals surface area contributed by atoms with Crippen LogP contribution in [0.4, 0.5) is 0 Å². The van der Waals surface area contributed by atoms with E-state index in [1.54, 1.807) is 6.20 Å². The van der Waals surface area contributed by atoms with E-state index < -0.39 is 0 Å². The molecule has 5 rings (SSSR count). The van der Waals surface area contributed by atoms with E-state index in [0.29, 0.717) is 6.04 Å². The summed E-state index contributed by atoms with van der Waals surface area (Å²) in [6, 6.07) is 14.8.